The van der Waals surface area contributed by atoms with E-state index in [4.69, 9.17) is 13.9 Å². The zero-order chi connectivity index (χ0) is 11.5. The molecule has 0 amide bonds. The van der Waals surface area contributed by atoms with Crippen LogP contribution >= 0.6 is 0 Å². The molecule has 0 aliphatic heterocycles. The summed E-state index contributed by atoms with van der Waals surface area (Å²) >= 11 is 0. The number of rotatable bonds is 4. The molecule has 0 fully saturated rings. The monoisotopic (exact) mass is 226 g/mol. The minimum Gasteiger partial charge on any atom is -0.497 e. The topological polar surface area (TPSA) is 27.7 Å². The molecule has 15 heavy (non-hydrogen) atoms. The third-order valence-corrected chi connectivity index (χ3v) is 5.27. The van der Waals surface area contributed by atoms with E-state index in [0.717, 1.165) is 16.7 Å². The zero-order valence-corrected chi connectivity index (χ0v) is 11.0. The predicted molar refractivity (Wildman–Crippen MR) is 63.7 cm³/mol. The van der Waals surface area contributed by atoms with Crippen molar-refractivity contribution in [2.75, 3.05) is 21.3 Å². The van der Waals surface area contributed by atoms with Crippen LogP contribution in [0.4, 0.5) is 0 Å². The molecule has 0 heterocycles. The highest BCUT2D eigenvalue weighted by molar-refractivity contribution is 6.85. The van der Waals surface area contributed by atoms with Crippen LogP contribution < -0.4 is 14.7 Å². The van der Waals surface area contributed by atoms with Gasteiger partial charge in [-0.25, -0.2) is 0 Å². The van der Waals surface area contributed by atoms with E-state index in [9.17, 15) is 0 Å². The lowest BCUT2D eigenvalue weighted by molar-refractivity contribution is 0.396. The molecule has 4 heteroatoms. The van der Waals surface area contributed by atoms with E-state index in [1.807, 2.05) is 18.2 Å². The second-order valence-corrected chi connectivity index (χ2v) is 7.75. The molecule has 0 spiro atoms. The van der Waals surface area contributed by atoms with Crippen molar-refractivity contribution in [1.29, 1.82) is 0 Å². The van der Waals surface area contributed by atoms with Gasteiger partial charge in [-0.15, -0.1) is 0 Å². The Hall–Kier alpha value is -1.00. The molecular formula is C11H18O3Si. The van der Waals surface area contributed by atoms with Crippen LogP contribution in [-0.2, 0) is 4.43 Å². The van der Waals surface area contributed by atoms with Crippen LogP contribution in [0.3, 0.4) is 0 Å². The van der Waals surface area contributed by atoms with Crippen molar-refractivity contribution in [1.82, 2.24) is 0 Å². The SMILES string of the molecule is COc1ccc(OC)c([Si](C)(C)OC)c1. The molecule has 0 aromatic heterocycles. The fourth-order valence-corrected chi connectivity index (χ4v) is 2.88. The number of hydrogen-bond acceptors (Lipinski definition) is 3. The lowest BCUT2D eigenvalue weighted by Gasteiger charge is -2.23. The summed E-state index contributed by atoms with van der Waals surface area (Å²) in [7, 11) is 3.20. The van der Waals surface area contributed by atoms with E-state index in [1.54, 1.807) is 21.3 Å². The highest BCUT2D eigenvalue weighted by Crippen LogP contribution is 2.19. The van der Waals surface area contributed by atoms with Gasteiger partial charge in [0.15, 0.2) is 0 Å². The summed E-state index contributed by atoms with van der Waals surface area (Å²) in [6, 6.07) is 5.80. The van der Waals surface area contributed by atoms with E-state index in [1.165, 1.54) is 0 Å². The van der Waals surface area contributed by atoms with Crippen molar-refractivity contribution in [3.8, 4) is 11.5 Å². The van der Waals surface area contributed by atoms with Crippen molar-refractivity contribution in [3.63, 3.8) is 0 Å². The van der Waals surface area contributed by atoms with Crippen LogP contribution in [0.1, 0.15) is 0 Å². The van der Waals surface area contributed by atoms with Crippen molar-refractivity contribution in [2.24, 2.45) is 0 Å². The summed E-state index contributed by atoms with van der Waals surface area (Å²) in [4.78, 5) is 0. The lowest BCUT2D eigenvalue weighted by atomic mass is 10.3. The van der Waals surface area contributed by atoms with E-state index >= 15 is 0 Å². The summed E-state index contributed by atoms with van der Waals surface area (Å²) in [6.45, 7) is 4.26. The first-order valence-corrected chi connectivity index (χ1v) is 7.73. The Morgan fingerprint density at radius 1 is 1.00 bits per heavy atom. The Bertz CT molecular complexity index is 337. The maximum Gasteiger partial charge on any atom is 0.221 e. The van der Waals surface area contributed by atoms with E-state index in [-0.39, 0.29) is 0 Å². The maximum absolute atomic E-state index is 5.57. The van der Waals surface area contributed by atoms with Gasteiger partial charge in [-0.1, -0.05) is 0 Å². The Kier molecular flexibility index (Phi) is 3.76. The minimum atomic E-state index is -1.87. The van der Waals surface area contributed by atoms with Crippen LogP contribution in [0.15, 0.2) is 18.2 Å². The molecule has 0 saturated heterocycles. The molecule has 0 bridgehead atoms. The predicted octanol–water partition coefficient (Wildman–Crippen LogP) is 1.76. The summed E-state index contributed by atoms with van der Waals surface area (Å²) < 4.78 is 16.1. The van der Waals surface area contributed by atoms with Gasteiger partial charge in [0.1, 0.15) is 11.5 Å². The number of methoxy groups -OCH3 is 2. The van der Waals surface area contributed by atoms with Crippen molar-refractivity contribution >= 4 is 13.5 Å². The number of hydrogen-bond donors (Lipinski definition) is 0. The molecule has 1 aromatic rings. The molecule has 0 N–H and O–H groups in total. The Balaban J connectivity index is 3.23. The molecule has 0 atom stereocenters. The Labute approximate surface area is 92.1 Å². The van der Waals surface area contributed by atoms with E-state index in [0.29, 0.717) is 0 Å². The third kappa shape index (κ3) is 2.52. The van der Waals surface area contributed by atoms with Crippen LogP contribution in [0.2, 0.25) is 13.1 Å². The molecule has 0 aliphatic rings. The summed E-state index contributed by atoms with van der Waals surface area (Å²) in [5.41, 5.74) is 0. The van der Waals surface area contributed by atoms with Crippen LogP contribution in [0, 0.1) is 0 Å². The fourth-order valence-electron chi connectivity index (χ4n) is 1.39. The first-order valence-electron chi connectivity index (χ1n) is 4.83. The first-order chi connectivity index (χ1) is 7.05. The van der Waals surface area contributed by atoms with Crippen LogP contribution in [0.25, 0.3) is 0 Å². The fraction of sp³-hybridized carbons (Fsp3) is 0.455. The molecular weight excluding hydrogens is 208 g/mol. The highest BCUT2D eigenvalue weighted by Gasteiger charge is 2.28. The normalized spacial score (nSPS) is 11.3. The smallest absolute Gasteiger partial charge is 0.221 e. The maximum atomic E-state index is 5.57. The second-order valence-electron chi connectivity index (χ2n) is 3.78. The number of benzene rings is 1. The summed E-state index contributed by atoms with van der Waals surface area (Å²) in [5, 5.41) is 1.12. The summed E-state index contributed by atoms with van der Waals surface area (Å²) in [5.74, 6) is 1.71. The van der Waals surface area contributed by atoms with Crippen molar-refractivity contribution < 1.29 is 13.9 Å². The molecule has 0 aliphatic carbocycles. The van der Waals surface area contributed by atoms with E-state index in [2.05, 4.69) is 13.1 Å². The standard InChI is InChI=1S/C11H18O3Si/c1-12-9-6-7-10(13-2)11(8-9)15(4,5)14-3/h6-8H,1-5H3. The van der Waals surface area contributed by atoms with Gasteiger partial charge < -0.3 is 13.9 Å². The van der Waals surface area contributed by atoms with Gasteiger partial charge in [0.25, 0.3) is 0 Å². The largest absolute Gasteiger partial charge is 0.497 e. The molecule has 1 rings (SSSR count). The first kappa shape index (κ1) is 12.1. The van der Waals surface area contributed by atoms with Gasteiger partial charge in [-0.2, -0.15) is 0 Å². The van der Waals surface area contributed by atoms with Crippen LogP contribution in [-0.4, -0.2) is 29.6 Å². The van der Waals surface area contributed by atoms with E-state index < -0.39 is 8.32 Å². The van der Waals surface area contributed by atoms with Gasteiger partial charge in [0, 0.05) is 12.3 Å². The van der Waals surface area contributed by atoms with Crippen molar-refractivity contribution in [3.05, 3.63) is 18.2 Å². The summed E-state index contributed by atoms with van der Waals surface area (Å²) in [6.07, 6.45) is 0. The van der Waals surface area contributed by atoms with Crippen molar-refractivity contribution in [2.45, 2.75) is 13.1 Å². The average molecular weight is 226 g/mol. The lowest BCUT2D eigenvalue weighted by Crippen LogP contribution is -2.44. The Morgan fingerprint density at radius 3 is 2.13 bits per heavy atom. The van der Waals surface area contributed by atoms with Gasteiger partial charge >= 0.3 is 0 Å². The molecule has 0 unspecified atom stereocenters. The second kappa shape index (κ2) is 4.68. The molecule has 0 radical (unpaired) electrons. The molecule has 84 valence electrons. The average Bonchev–Trinajstić information content (AvgIpc) is 2.28. The number of ether oxygens (including phenoxy) is 2. The van der Waals surface area contributed by atoms with Gasteiger partial charge in [-0.3, -0.25) is 0 Å². The van der Waals surface area contributed by atoms with Gasteiger partial charge in [0.2, 0.25) is 8.32 Å². The van der Waals surface area contributed by atoms with Gasteiger partial charge in [-0.05, 0) is 31.3 Å². The minimum absolute atomic E-state index is 0.837. The van der Waals surface area contributed by atoms with Gasteiger partial charge in [0.05, 0.1) is 14.2 Å². The quantitative estimate of drug-likeness (QED) is 0.732. The van der Waals surface area contributed by atoms with Crippen LogP contribution in [0.5, 0.6) is 11.5 Å². The molecule has 3 nitrogen and oxygen atoms in total. The highest BCUT2D eigenvalue weighted by atomic mass is 28.4. The Morgan fingerprint density at radius 2 is 1.67 bits per heavy atom. The molecule has 0 saturated carbocycles. The zero-order valence-electron chi connectivity index (χ0n) is 9.96. The third-order valence-electron chi connectivity index (χ3n) is 2.57. The molecule has 1 aromatic carbocycles.